The van der Waals surface area contributed by atoms with Crippen LogP contribution >= 0.6 is 0 Å². The van der Waals surface area contributed by atoms with Crippen LogP contribution in [0.5, 0.6) is 0 Å². The Hall–Kier alpha value is -0.120. The Morgan fingerprint density at radius 2 is 2.31 bits per heavy atom. The normalized spacial score (nSPS) is 34.8. The van der Waals surface area contributed by atoms with Crippen LogP contribution in [0.2, 0.25) is 0 Å². The minimum atomic E-state index is -0.103. The van der Waals surface area contributed by atoms with Gasteiger partial charge in [-0.15, -0.1) is 0 Å². The predicted octanol–water partition coefficient (Wildman–Crippen LogP) is 1.31. The fourth-order valence-electron chi connectivity index (χ4n) is 1.93. The van der Waals surface area contributed by atoms with E-state index in [1.807, 2.05) is 6.92 Å². The Morgan fingerprint density at radius 3 is 2.85 bits per heavy atom. The van der Waals surface area contributed by atoms with Crippen LogP contribution in [0.1, 0.15) is 33.1 Å². The smallest absolute Gasteiger partial charge is 0.0850 e. The van der Waals surface area contributed by atoms with Gasteiger partial charge in [0.2, 0.25) is 0 Å². The molecular weight excluding hydrogens is 166 g/mol. The van der Waals surface area contributed by atoms with Gasteiger partial charge in [0.15, 0.2) is 0 Å². The van der Waals surface area contributed by atoms with Crippen LogP contribution in [0, 0.1) is 0 Å². The first-order valence-corrected chi connectivity index (χ1v) is 5.22. The molecule has 1 fully saturated rings. The Balaban J connectivity index is 2.53. The van der Waals surface area contributed by atoms with Gasteiger partial charge in [-0.25, -0.2) is 0 Å². The molecule has 0 bridgehead atoms. The van der Waals surface area contributed by atoms with Gasteiger partial charge < -0.3 is 15.2 Å². The van der Waals surface area contributed by atoms with Crippen LogP contribution < -0.4 is 5.73 Å². The maximum absolute atomic E-state index is 5.76. The molecule has 3 heteroatoms. The maximum Gasteiger partial charge on any atom is 0.0850 e. The van der Waals surface area contributed by atoms with Crippen LogP contribution in [-0.2, 0) is 9.47 Å². The van der Waals surface area contributed by atoms with Crippen molar-refractivity contribution in [2.45, 2.75) is 44.8 Å². The topological polar surface area (TPSA) is 44.5 Å². The molecule has 78 valence electrons. The first kappa shape index (κ1) is 11.0. The van der Waals surface area contributed by atoms with Gasteiger partial charge in [0.05, 0.1) is 11.7 Å². The summed E-state index contributed by atoms with van der Waals surface area (Å²) in [5, 5.41) is 0. The number of hydrogen-bond donors (Lipinski definition) is 1. The highest BCUT2D eigenvalue weighted by Crippen LogP contribution is 2.28. The maximum atomic E-state index is 5.76. The van der Waals surface area contributed by atoms with Crippen molar-refractivity contribution in [3.05, 3.63) is 0 Å². The first-order valence-electron chi connectivity index (χ1n) is 5.22. The highest BCUT2D eigenvalue weighted by Gasteiger charge is 2.35. The average Bonchev–Trinajstić information content (AvgIpc) is 2.19. The van der Waals surface area contributed by atoms with Crippen molar-refractivity contribution in [2.75, 3.05) is 19.8 Å². The summed E-state index contributed by atoms with van der Waals surface area (Å²) in [6, 6.07) is 0. The minimum Gasteiger partial charge on any atom is -0.378 e. The molecule has 2 atom stereocenters. The second kappa shape index (κ2) is 4.94. The Morgan fingerprint density at radius 1 is 1.54 bits per heavy atom. The molecule has 0 radical (unpaired) electrons. The zero-order valence-corrected chi connectivity index (χ0v) is 8.71. The van der Waals surface area contributed by atoms with Gasteiger partial charge in [-0.2, -0.15) is 0 Å². The lowest BCUT2D eigenvalue weighted by atomic mass is 9.89. The largest absolute Gasteiger partial charge is 0.378 e. The van der Waals surface area contributed by atoms with E-state index >= 15 is 0 Å². The lowest BCUT2D eigenvalue weighted by Gasteiger charge is -2.39. The number of ether oxygens (including phenoxy) is 2. The summed E-state index contributed by atoms with van der Waals surface area (Å²) in [5.41, 5.74) is 5.66. The lowest BCUT2D eigenvalue weighted by Crippen LogP contribution is -2.48. The van der Waals surface area contributed by atoms with E-state index in [2.05, 4.69) is 6.92 Å². The van der Waals surface area contributed by atoms with Gasteiger partial charge in [0.25, 0.3) is 0 Å². The van der Waals surface area contributed by atoms with Crippen molar-refractivity contribution in [3.8, 4) is 0 Å². The van der Waals surface area contributed by atoms with E-state index in [1.54, 1.807) is 0 Å². The van der Waals surface area contributed by atoms with Crippen LogP contribution in [-0.4, -0.2) is 31.5 Å². The molecule has 1 saturated heterocycles. The zero-order valence-electron chi connectivity index (χ0n) is 8.71. The van der Waals surface area contributed by atoms with Crippen molar-refractivity contribution in [1.29, 1.82) is 0 Å². The third kappa shape index (κ3) is 2.66. The summed E-state index contributed by atoms with van der Waals surface area (Å²) in [4.78, 5) is 0. The van der Waals surface area contributed by atoms with E-state index in [0.717, 1.165) is 32.5 Å². The number of rotatable bonds is 4. The molecule has 0 amide bonds. The van der Waals surface area contributed by atoms with Gasteiger partial charge in [-0.3, -0.25) is 0 Å². The second-order valence-electron chi connectivity index (χ2n) is 3.68. The van der Waals surface area contributed by atoms with E-state index in [9.17, 15) is 0 Å². The van der Waals surface area contributed by atoms with Crippen LogP contribution in [0.3, 0.4) is 0 Å². The second-order valence-corrected chi connectivity index (χ2v) is 3.68. The van der Waals surface area contributed by atoms with E-state index in [4.69, 9.17) is 15.2 Å². The van der Waals surface area contributed by atoms with Crippen LogP contribution in [0.25, 0.3) is 0 Å². The third-order valence-corrected chi connectivity index (χ3v) is 2.79. The van der Waals surface area contributed by atoms with Gasteiger partial charge in [-0.05, 0) is 13.3 Å². The fourth-order valence-corrected chi connectivity index (χ4v) is 1.93. The van der Waals surface area contributed by atoms with Crippen molar-refractivity contribution >= 4 is 0 Å². The molecule has 13 heavy (non-hydrogen) atoms. The predicted molar refractivity (Wildman–Crippen MR) is 52.7 cm³/mol. The van der Waals surface area contributed by atoms with E-state index in [0.29, 0.717) is 12.6 Å². The molecule has 1 aliphatic heterocycles. The number of hydrogen-bond acceptors (Lipinski definition) is 3. The Kier molecular flexibility index (Phi) is 4.16. The van der Waals surface area contributed by atoms with Crippen molar-refractivity contribution in [2.24, 2.45) is 5.73 Å². The highest BCUT2D eigenvalue weighted by atomic mass is 16.5. The zero-order chi connectivity index (χ0) is 9.73. The summed E-state index contributed by atoms with van der Waals surface area (Å²) in [6.07, 6.45) is 3.28. The first-order chi connectivity index (χ1) is 6.26. The standard InChI is InChI=1S/C10H21NO2/c1-3-9-7-10(8-11,13-4-2)5-6-12-9/h9H,3-8,11H2,1-2H3. The molecule has 2 unspecified atom stereocenters. The summed E-state index contributed by atoms with van der Waals surface area (Å²) < 4.78 is 11.3. The third-order valence-electron chi connectivity index (χ3n) is 2.79. The van der Waals surface area contributed by atoms with Crippen LogP contribution in [0.15, 0.2) is 0 Å². The molecule has 1 heterocycles. The van der Waals surface area contributed by atoms with Gasteiger partial charge >= 0.3 is 0 Å². The van der Waals surface area contributed by atoms with Crippen molar-refractivity contribution in [1.82, 2.24) is 0 Å². The van der Waals surface area contributed by atoms with E-state index in [-0.39, 0.29) is 5.60 Å². The van der Waals surface area contributed by atoms with Crippen LogP contribution in [0.4, 0.5) is 0 Å². The van der Waals surface area contributed by atoms with E-state index < -0.39 is 0 Å². The van der Waals surface area contributed by atoms with Gasteiger partial charge in [0.1, 0.15) is 0 Å². The molecule has 0 aromatic heterocycles. The highest BCUT2D eigenvalue weighted by molar-refractivity contribution is 4.88. The fraction of sp³-hybridized carbons (Fsp3) is 1.00. The van der Waals surface area contributed by atoms with Gasteiger partial charge in [0, 0.05) is 32.6 Å². The molecular formula is C10H21NO2. The molecule has 0 aromatic carbocycles. The van der Waals surface area contributed by atoms with Crippen molar-refractivity contribution in [3.63, 3.8) is 0 Å². The molecule has 1 aliphatic rings. The monoisotopic (exact) mass is 187 g/mol. The molecule has 0 spiro atoms. The molecule has 1 rings (SSSR count). The van der Waals surface area contributed by atoms with E-state index in [1.165, 1.54) is 0 Å². The summed E-state index contributed by atoms with van der Waals surface area (Å²) in [7, 11) is 0. The molecule has 0 aliphatic carbocycles. The molecule has 0 aromatic rings. The molecule has 3 nitrogen and oxygen atoms in total. The summed E-state index contributed by atoms with van der Waals surface area (Å²) in [5.74, 6) is 0. The van der Waals surface area contributed by atoms with Crippen molar-refractivity contribution < 1.29 is 9.47 Å². The minimum absolute atomic E-state index is 0.103. The molecule has 2 N–H and O–H groups in total. The average molecular weight is 187 g/mol. The lowest BCUT2D eigenvalue weighted by molar-refractivity contribution is -0.131. The quantitative estimate of drug-likeness (QED) is 0.721. The Bertz CT molecular complexity index is 148. The van der Waals surface area contributed by atoms with Gasteiger partial charge in [-0.1, -0.05) is 6.92 Å². The number of nitrogens with two attached hydrogens (primary N) is 1. The SMILES string of the molecule is CCOC1(CN)CCOC(CC)C1. The molecule has 0 saturated carbocycles. The summed E-state index contributed by atoms with van der Waals surface area (Å²) >= 11 is 0. The summed E-state index contributed by atoms with van der Waals surface area (Å²) in [6.45, 7) is 6.31. The Labute approximate surface area is 80.6 Å².